The van der Waals surface area contributed by atoms with E-state index in [1.165, 1.54) is 0 Å². The van der Waals surface area contributed by atoms with Crippen molar-refractivity contribution in [2.75, 3.05) is 0 Å². The van der Waals surface area contributed by atoms with Crippen LogP contribution >= 0.6 is 0 Å². The Hall–Kier alpha value is -0.870. The van der Waals surface area contributed by atoms with Crippen molar-refractivity contribution in [1.82, 2.24) is 0 Å². The Morgan fingerprint density at radius 1 is 1.10 bits per heavy atom. The first-order chi connectivity index (χ1) is 9.64. The molecule has 0 saturated carbocycles. The number of nitrogens with two attached hydrogens (primary N) is 1. The number of rotatable bonds is 6. The van der Waals surface area contributed by atoms with E-state index in [0.29, 0.717) is 11.3 Å². The van der Waals surface area contributed by atoms with E-state index in [1.54, 1.807) is 12.1 Å². The number of sulfone groups is 1. The molecule has 0 saturated heterocycles. The molecule has 0 radical (unpaired) electrons. The Morgan fingerprint density at radius 3 is 2.00 bits per heavy atom. The molecule has 3 nitrogen and oxygen atoms in total. The standard InChI is InChI=1S/C17H29NO2S/c1-6-8-15(18)16(7-2)21(19,20)14-11-9-13(10-12-14)17(3,4)5/h9-12,15-16H,6-8,18H2,1-5H3. The van der Waals surface area contributed by atoms with Crippen molar-refractivity contribution < 1.29 is 8.42 Å². The molecular formula is C17H29NO2S. The predicted molar refractivity (Wildman–Crippen MR) is 89.3 cm³/mol. The van der Waals surface area contributed by atoms with Crippen molar-refractivity contribution >= 4 is 9.84 Å². The molecule has 0 fully saturated rings. The van der Waals surface area contributed by atoms with E-state index in [4.69, 9.17) is 5.73 Å². The highest BCUT2D eigenvalue weighted by molar-refractivity contribution is 7.92. The summed E-state index contributed by atoms with van der Waals surface area (Å²) in [6.07, 6.45) is 2.18. The second-order valence-corrected chi connectivity index (χ2v) is 8.89. The second-order valence-electron chi connectivity index (χ2n) is 6.72. The van der Waals surface area contributed by atoms with Gasteiger partial charge in [0.2, 0.25) is 0 Å². The van der Waals surface area contributed by atoms with Crippen LogP contribution in [0, 0.1) is 0 Å². The molecule has 2 N–H and O–H groups in total. The van der Waals surface area contributed by atoms with E-state index in [0.717, 1.165) is 18.4 Å². The van der Waals surface area contributed by atoms with Crippen LogP contribution in [0.25, 0.3) is 0 Å². The molecule has 2 atom stereocenters. The third-order valence-corrected chi connectivity index (χ3v) is 6.36. The second kappa shape index (κ2) is 6.93. The summed E-state index contributed by atoms with van der Waals surface area (Å²) in [6, 6.07) is 6.96. The summed E-state index contributed by atoms with van der Waals surface area (Å²) in [5.74, 6) is 0. The zero-order valence-corrected chi connectivity index (χ0v) is 14.7. The number of hydrogen-bond acceptors (Lipinski definition) is 3. The maximum absolute atomic E-state index is 12.8. The third-order valence-electron chi connectivity index (χ3n) is 3.95. The van der Waals surface area contributed by atoms with Crippen molar-refractivity contribution in [1.29, 1.82) is 0 Å². The van der Waals surface area contributed by atoms with E-state index < -0.39 is 15.1 Å². The van der Waals surface area contributed by atoms with Gasteiger partial charge in [-0.05, 0) is 36.0 Å². The van der Waals surface area contributed by atoms with Crippen molar-refractivity contribution in [3.8, 4) is 0 Å². The quantitative estimate of drug-likeness (QED) is 0.872. The van der Waals surface area contributed by atoms with Crippen LogP contribution in [0.1, 0.15) is 59.4 Å². The van der Waals surface area contributed by atoms with Crippen LogP contribution in [0.4, 0.5) is 0 Å². The Balaban J connectivity index is 3.12. The smallest absolute Gasteiger partial charge is 0.182 e. The van der Waals surface area contributed by atoms with Crippen LogP contribution in [-0.2, 0) is 15.3 Å². The fourth-order valence-corrected chi connectivity index (χ4v) is 4.49. The van der Waals surface area contributed by atoms with E-state index in [9.17, 15) is 8.42 Å². The van der Waals surface area contributed by atoms with Crippen LogP contribution in [0.2, 0.25) is 0 Å². The Bertz CT molecular complexity index is 541. The highest BCUT2D eigenvalue weighted by Gasteiger charge is 2.31. The van der Waals surface area contributed by atoms with Gasteiger partial charge in [-0.25, -0.2) is 8.42 Å². The van der Waals surface area contributed by atoms with Gasteiger partial charge in [-0.1, -0.05) is 53.2 Å². The molecule has 0 aromatic heterocycles. The molecule has 0 spiro atoms. The van der Waals surface area contributed by atoms with Crippen LogP contribution in [-0.4, -0.2) is 19.7 Å². The first-order valence-corrected chi connectivity index (χ1v) is 9.29. The summed E-state index contributed by atoms with van der Waals surface area (Å²) in [5.41, 5.74) is 7.23. The zero-order valence-electron chi connectivity index (χ0n) is 13.9. The normalized spacial score (nSPS) is 15.7. The van der Waals surface area contributed by atoms with Crippen LogP contribution in [0.15, 0.2) is 29.2 Å². The predicted octanol–water partition coefficient (Wildman–Crippen LogP) is 3.66. The van der Waals surface area contributed by atoms with Crippen LogP contribution in [0.5, 0.6) is 0 Å². The highest BCUT2D eigenvalue weighted by Crippen LogP contribution is 2.26. The molecule has 0 bridgehead atoms. The molecule has 2 unspecified atom stereocenters. The average molecular weight is 311 g/mol. The minimum Gasteiger partial charge on any atom is -0.327 e. The minimum atomic E-state index is -3.36. The summed E-state index contributed by atoms with van der Waals surface area (Å²) < 4.78 is 25.5. The van der Waals surface area contributed by atoms with E-state index in [-0.39, 0.29) is 11.5 Å². The summed E-state index contributed by atoms with van der Waals surface area (Å²) >= 11 is 0. The van der Waals surface area contributed by atoms with Gasteiger partial charge in [-0.2, -0.15) is 0 Å². The van der Waals surface area contributed by atoms with Crippen molar-refractivity contribution in [3.05, 3.63) is 29.8 Å². The SMILES string of the molecule is CCCC(N)C(CC)S(=O)(=O)c1ccc(C(C)(C)C)cc1. The lowest BCUT2D eigenvalue weighted by Crippen LogP contribution is -2.40. The summed E-state index contributed by atoms with van der Waals surface area (Å²) in [5, 5.41) is -0.502. The number of hydrogen-bond donors (Lipinski definition) is 1. The number of benzene rings is 1. The Labute approximate surface area is 129 Å². The summed E-state index contributed by atoms with van der Waals surface area (Å²) in [4.78, 5) is 0.383. The fraction of sp³-hybridized carbons (Fsp3) is 0.647. The molecule has 120 valence electrons. The van der Waals surface area contributed by atoms with Gasteiger partial charge in [0.25, 0.3) is 0 Å². The third kappa shape index (κ3) is 4.30. The Morgan fingerprint density at radius 2 is 1.62 bits per heavy atom. The summed E-state index contributed by atoms with van der Waals surface area (Å²) in [6.45, 7) is 10.3. The molecule has 0 heterocycles. The molecule has 1 aromatic rings. The lowest BCUT2D eigenvalue weighted by molar-refractivity contribution is 0.516. The molecule has 1 rings (SSSR count). The van der Waals surface area contributed by atoms with Gasteiger partial charge in [0, 0.05) is 6.04 Å². The molecule has 0 aliphatic rings. The van der Waals surface area contributed by atoms with E-state index >= 15 is 0 Å². The molecule has 21 heavy (non-hydrogen) atoms. The topological polar surface area (TPSA) is 60.2 Å². The van der Waals surface area contributed by atoms with Crippen LogP contribution < -0.4 is 5.73 Å². The van der Waals surface area contributed by atoms with E-state index in [1.807, 2.05) is 26.0 Å². The van der Waals surface area contributed by atoms with Crippen LogP contribution in [0.3, 0.4) is 0 Å². The largest absolute Gasteiger partial charge is 0.327 e. The van der Waals surface area contributed by atoms with Gasteiger partial charge in [0.15, 0.2) is 9.84 Å². The molecule has 0 aliphatic heterocycles. The summed E-state index contributed by atoms with van der Waals surface area (Å²) in [7, 11) is -3.36. The first kappa shape index (κ1) is 18.2. The minimum absolute atomic E-state index is 0.0189. The fourth-order valence-electron chi connectivity index (χ4n) is 2.59. The van der Waals surface area contributed by atoms with E-state index in [2.05, 4.69) is 20.8 Å². The van der Waals surface area contributed by atoms with Gasteiger partial charge in [-0.3, -0.25) is 0 Å². The van der Waals surface area contributed by atoms with Crippen molar-refractivity contribution in [2.45, 2.75) is 75.5 Å². The van der Waals surface area contributed by atoms with Gasteiger partial charge in [0.05, 0.1) is 10.1 Å². The molecular weight excluding hydrogens is 282 g/mol. The molecule has 4 heteroatoms. The lowest BCUT2D eigenvalue weighted by Gasteiger charge is -2.23. The molecule has 0 aliphatic carbocycles. The van der Waals surface area contributed by atoms with Gasteiger partial charge < -0.3 is 5.73 Å². The van der Waals surface area contributed by atoms with Gasteiger partial charge >= 0.3 is 0 Å². The van der Waals surface area contributed by atoms with Crippen molar-refractivity contribution in [3.63, 3.8) is 0 Å². The molecule has 0 amide bonds. The molecule has 1 aromatic carbocycles. The monoisotopic (exact) mass is 311 g/mol. The van der Waals surface area contributed by atoms with Crippen molar-refractivity contribution in [2.24, 2.45) is 5.73 Å². The van der Waals surface area contributed by atoms with Gasteiger partial charge in [-0.15, -0.1) is 0 Å². The maximum Gasteiger partial charge on any atom is 0.182 e. The highest BCUT2D eigenvalue weighted by atomic mass is 32.2. The maximum atomic E-state index is 12.8. The first-order valence-electron chi connectivity index (χ1n) is 7.74. The average Bonchev–Trinajstić information content (AvgIpc) is 2.38. The zero-order chi connectivity index (χ0) is 16.3. The lowest BCUT2D eigenvalue weighted by atomic mass is 9.87. The van der Waals surface area contributed by atoms with Gasteiger partial charge in [0.1, 0.15) is 0 Å². The Kier molecular flexibility index (Phi) is 6.00.